The van der Waals surface area contributed by atoms with Crippen molar-refractivity contribution in [2.75, 3.05) is 41.5 Å². The Morgan fingerprint density at radius 1 is 1.03 bits per heavy atom. The number of methoxy groups -OCH3 is 2. The SMILES string of the molecule is COc1cc(Cn2nc(CS(=O)(=O)c3ccc(Cl)s3)c3c(OC)cccc32)ccc1OCCN(C)C. The molecule has 0 bridgehead atoms. The van der Waals surface area contributed by atoms with E-state index in [4.69, 9.17) is 30.9 Å². The van der Waals surface area contributed by atoms with E-state index in [0.29, 0.717) is 45.8 Å². The van der Waals surface area contributed by atoms with Gasteiger partial charge in [-0.1, -0.05) is 23.7 Å². The van der Waals surface area contributed by atoms with Crippen molar-refractivity contribution >= 4 is 43.7 Å². The minimum Gasteiger partial charge on any atom is -0.496 e. The molecule has 0 spiro atoms. The molecule has 0 aliphatic rings. The van der Waals surface area contributed by atoms with E-state index in [1.807, 2.05) is 49.3 Å². The highest BCUT2D eigenvalue weighted by Gasteiger charge is 2.24. The van der Waals surface area contributed by atoms with E-state index in [2.05, 4.69) is 0 Å². The van der Waals surface area contributed by atoms with E-state index in [0.717, 1.165) is 29.0 Å². The van der Waals surface area contributed by atoms with Gasteiger partial charge in [-0.15, -0.1) is 11.3 Å². The zero-order chi connectivity index (χ0) is 25.9. The standard InChI is InChI=1S/C25H28ClN3O5S2/c1-28(2)12-13-34-20-9-8-17(14-22(20)33-4)15-29-19-6-5-7-21(32-3)25(19)18(27-29)16-36(30,31)24-11-10-23(26)35-24/h5-11,14H,12-13,15-16H2,1-4H3. The molecule has 0 N–H and O–H groups in total. The Morgan fingerprint density at radius 2 is 1.81 bits per heavy atom. The first-order valence-electron chi connectivity index (χ1n) is 11.2. The zero-order valence-electron chi connectivity index (χ0n) is 20.5. The zero-order valence-corrected chi connectivity index (χ0v) is 22.9. The average molecular weight is 550 g/mol. The minimum absolute atomic E-state index is 0.208. The molecule has 2 heterocycles. The molecule has 4 aromatic rings. The fourth-order valence-corrected chi connectivity index (χ4v) is 6.67. The summed E-state index contributed by atoms with van der Waals surface area (Å²) in [6, 6.07) is 14.4. The van der Waals surface area contributed by atoms with Crippen molar-refractivity contribution in [2.24, 2.45) is 0 Å². The first kappa shape index (κ1) is 26.3. The summed E-state index contributed by atoms with van der Waals surface area (Å²) in [4.78, 5) is 2.04. The third-order valence-electron chi connectivity index (χ3n) is 5.57. The minimum atomic E-state index is -3.64. The predicted octanol–water partition coefficient (Wildman–Crippen LogP) is 4.73. The van der Waals surface area contributed by atoms with Crippen molar-refractivity contribution < 1.29 is 22.6 Å². The number of hydrogen-bond acceptors (Lipinski definition) is 8. The maximum Gasteiger partial charge on any atom is 0.193 e. The topological polar surface area (TPSA) is 82.9 Å². The summed E-state index contributed by atoms with van der Waals surface area (Å²) < 4.78 is 45.6. The van der Waals surface area contributed by atoms with E-state index in [1.165, 1.54) is 6.07 Å². The Labute approximate surface area is 219 Å². The molecule has 11 heteroatoms. The molecular weight excluding hydrogens is 522 g/mol. The van der Waals surface area contributed by atoms with Crippen LogP contribution >= 0.6 is 22.9 Å². The monoisotopic (exact) mass is 549 g/mol. The lowest BCUT2D eigenvalue weighted by Gasteiger charge is -2.14. The van der Waals surface area contributed by atoms with Gasteiger partial charge in [0.1, 0.15) is 22.3 Å². The van der Waals surface area contributed by atoms with Crippen LogP contribution in [0.25, 0.3) is 10.9 Å². The van der Waals surface area contributed by atoms with Crippen molar-refractivity contribution in [3.8, 4) is 17.2 Å². The molecule has 4 rings (SSSR count). The maximum atomic E-state index is 13.1. The van der Waals surface area contributed by atoms with Crippen LogP contribution in [-0.4, -0.2) is 64.6 Å². The van der Waals surface area contributed by atoms with Gasteiger partial charge in [0.15, 0.2) is 21.3 Å². The summed E-state index contributed by atoms with van der Waals surface area (Å²) in [5.41, 5.74) is 2.12. The summed E-state index contributed by atoms with van der Waals surface area (Å²) in [6.07, 6.45) is 0. The van der Waals surface area contributed by atoms with Crippen LogP contribution in [0.2, 0.25) is 4.34 Å². The Morgan fingerprint density at radius 3 is 2.47 bits per heavy atom. The van der Waals surface area contributed by atoms with Gasteiger partial charge in [-0.3, -0.25) is 4.68 Å². The van der Waals surface area contributed by atoms with Gasteiger partial charge >= 0.3 is 0 Å². The van der Waals surface area contributed by atoms with Gasteiger partial charge in [-0.05, 0) is 56.1 Å². The largest absolute Gasteiger partial charge is 0.496 e. The highest BCUT2D eigenvalue weighted by molar-refractivity contribution is 7.92. The van der Waals surface area contributed by atoms with Crippen LogP contribution in [-0.2, 0) is 22.1 Å². The van der Waals surface area contributed by atoms with E-state index in [1.54, 1.807) is 31.0 Å². The number of rotatable bonds is 11. The number of benzene rings is 2. The Balaban J connectivity index is 1.67. The molecule has 192 valence electrons. The van der Waals surface area contributed by atoms with Gasteiger partial charge in [-0.25, -0.2) is 8.42 Å². The lowest BCUT2D eigenvalue weighted by Crippen LogP contribution is -2.19. The molecule has 0 aliphatic heterocycles. The number of thiophene rings is 1. The lowest BCUT2D eigenvalue weighted by molar-refractivity contribution is 0.250. The van der Waals surface area contributed by atoms with Crippen LogP contribution in [0.4, 0.5) is 0 Å². The van der Waals surface area contributed by atoms with Crippen LogP contribution in [0.15, 0.2) is 52.7 Å². The molecule has 0 unspecified atom stereocenters. The van der Waals surface area contributed by atoms with Gasteiger partial charge in [-0.2, -0.15) is 5.10 Å². The molecule has 2 aromatic carbocycles. The predicted molar refractivity (Wildman–Crippen MR) is 143 cm³/mol. The number of likely N-dealkylation sites (N-methyl/N-ethyl adjacent to an activating group) is 1. The summed E-state index contributed by atoms with van der Waals surface area (Å²) in [5.74, 6) is 1.58. The van der Waals surface area contributed by atoms with Crippen LogP contribution in [0.3, 0.4) is 0 Å². The maximum absolute atomic E-state index is 13.1. The highest BCUT2D eigenvalue weighted by Crippen LogP contribution is 2.34. The van der Waals surface area contributed by atoms with E-state index in [-0.39, 0.29) is 9.96 Å². The van der Waals surface area contributed by atoms with E-state index < -0.39 is 9.84 Å². The molecule has 0 saturated heterocycles. The smallest absolute Gasteiger partial charge is 0.193 e. The molecule has 0 radical (unpaired) electrons. The quantitative estimate of drug-likeness (QED) is 0.267. The van der Waals surface area contributed by atoms with Gasteiger partial charge in [0, 0.05) is 6.54 Å². The third kappa shape index (κ3) is 5.78. The van der Waals surface area contributed by atoms with Gasteiger partial charge < -0.3 is 19.1 Å². The van der Waals surface area contributed by atoms with Crippen LogP contribution < -0.4 is 14.2 Å². The summed E-state index contributed by atoms with van der Waals surface area (Å²) >= 11 is 7.01. The molecule has 8 nitrogen and oxygen atoms in total. The molecule has 0 fully saturated rings. The van der Waals surface area contributed by atoms with Gasteiger partial charge in [0.05, 0.1) is 41.7 Å². The van der Waals surface area contributed by atoms with Gasteiger partial charge in [0.2, 0.25) is 0 Å². The van der Waals surface area contributed by atoms with Crippen LogP contribution in [0.1, 0.15) is 11.3 Å². The van der Waals surface area contributed by atoms with E-state index in [9.17, 15) is 8.42 Å². The Hall–Kier alpha value is -2.79. The first-order valence-corrected chi connectivity index (χ1v) is 14.0. The third-order valence-corrected chi connectivity index (χ3v) is 9.01. The molecule has 0 atom stereocenters. The number of sulfone groups is 1. The van der Waals surface area contributed by atoms with E-state index >= 15 is 0 Å². The Kier molecular flexibility index (Phi) is 8.09. The lowest BCUT2D eigenvalue weighted by atomic mass is 10.1. The molecule has 36 heavy (non-hydrogen) atoms. The van der Waals surface area contributed by atoms with Crippen LogP contribution in [0, 0.1) is 0 Å². The van der Waals surface area contributed by atoms with Crippen molar-refractivity contribution in [3.05, 3.63) is 64.1 Å². The fraction of sp³-hybridized carbons (Fsp3) is 0.320. The number of ether oxygens (including phenoxy) is 3. The second kappa shape index (κ2) is 11.1. The number of aromatic nitrogens is 2. The summed E-state index contributed by atoms with van der Waals surface area (Å²) in [6.45, 7) is 1.73. The normalized spacial score (nSPS) is 11.8. The summed E-state index contributed by atoms with van der Waals surface area (Å²) in [7, 11) is 3.50. The van der Waals surface area contributed by atoms with Crippen molar-refractivity contribution in [1.82, 2.24) is 14.7 Å². The van der Waals surface area contributed by atoms with Crippen LogP contribution in [0.5, 0.6) is 17.2 Å². The molecule has 0 saturated carbocycles. The number of halogens is 1. The van der Waals surface area contributed by atoms with Crippen molar-refractivity contribution in [2.45, 2.75) is 16.5 Å². The first-order chi connectivity index (χ1) is 17.2. The number of hydrogen-bond donors (Lipinski definition) is 0. The number of fused-ring (bicyclic) bond motifs is 1. The Bertz CT molecular complexity index is 1460. The van der Waals surface area contributed by atoms with Gasteiger partial charge in [0.25, 0.3) is 0 Å². The van der Waals surface area contributed by atoms with Crippen molar-refractivity contribution in [1.29, 1.82) is 0 Å². The second-order valence-corrected chi connectivity index (χ2v) is 12.3. The highest BCUT2D eigenvalue weighted by atomic mass is 35.5. The van der Waals surface area contributed by atoms with Crippen molar-refractivity contribution in [3.63, 3.8) is 0 Å². The molecule has 0 amide bonds. The molecular formula is C25H28ClN3O5S2. The average Bonchev–Trinajstić information content (AvgIpc) is 3.43. The second-order valence-electron chi connectivity index (χ2n) is 8.41. The molecule has 0 aliphatic carbocycles. The number of nitrogens with zero attached hydrogens (tertiary/aromatic N) is 3. The fourth-order valence-electron chi connectivity index (χ4n) is 3.82. The molecule has 2 aromatic heterocycles. The summed E-state index contributed by atoms with van der Waals surface area (Å²) in [5, 5.41) is 5.38.